The van der Waals surface area contributed by atoms with Crippen molar-refractivity contribution in [2.24, 2.45) is 4.99 Å². The summed E-state index contributed by atoms with van der Waals surface area (Å²) in [5, 5.41) is 15.7. The predicted octanol–water partition coefficient (Wildman–Crippen LogP) is 4.08. The molecule has 2 amide bonds. The second-order valence-electron chi connectivity index (χ2n) is 6.97. The first-order chi connectivity index (χ1) is 15.6. The fraction of sp³-hybridized carbons (Fsp3) is 0.0400. The maximum atomic E-state index is 12.8. The topological polar surface area (TPSA) is 94.3 Å². The van der Waals surface area contributed by atoms with Crippen molar-refractivity contribution in [1.29, 1.82) is 5.26 Å². The highest BCUT2D eigenvalue weighted by atomic mass is 35.5. The SMILES string of the molecule is N#CC(C(=O)NCc1ccccc1)=C1N=C(NC(=O)c2cccc(Cl)c2)c2ccccc21. The molecule has 0 saturated heterocycles. The zero-order chi connectivity index (χ0) is 22.5. The van der Waals surface area contributed by atoms with Gasteiger partial charge in [0.2, 0.25) is 0 Å². The molecule has 0 spiro atoms. The number of rotatable bonds is 4. The largest absolute Gasteiger partial charge is 0.347 e. The number of carbonyl (C=O) groups excluding carboxylic acids is 2. The lowest BCUT2D eigenvalue weighted by atomic mass is 10.0. The van der Waals surface area contributed by atoms with E-state index >= 15 is 0 Å². The first-order valence-corrected chi connectivity index (χ1v) is 10.2. The van der Waals surface area contributed by atoms with Crippen LogP contribution in [0.1, 0.15) is 27.0 Å². The summed E-state index contributed by atoms with van der Waals surface area (Å²) in [6.45, 7) is 0.280. The molecule has 1 aliphatic heterocycles. The first-order valence-electron chi connectivity index (χ1n) is 9.78. The number of aliphatic imine (C=N–C) groups is 1. The van der Waals surface area contributed by atoms with Gasteiger partial charge in [-0.05, 0) is 23.8 Å². The van der Waals surface area contributed by atoms with Crippen molar-refractivity contribution in [3.05, 3.63) is 112 Å². The van der Waals surface area contributed by atoms with E-state index in [1.54, 1.807) is 48.5 Å². The second kappa shape index (κ2) is 9.29. The standard InChI is InChI=1S/C25H17ClN4O2/c26-18-10-6-9-17(13-18)24(31)30-23-20-12-5-4-11-19(20)22(29-23)21(14-27)25(32)28-15-16-7-2-1-3-8-16/h1-13H,15H2,(H,28,32)(H,29,30,31). The number of fused-ring (bicyclic) bond motifs is 1. The van der Waals surface area contributed by atoms with Crippen LogP contribution in [0.4, 0.5) is 0 Å². The monoisotopic (exact) mass is 440 g/mol. The van der Waals surface area contributed by atoms with Crippen LogP contribution in [-0.4, -0.2) is 17.6 Å². The van der Waals surface area contributed by atoms with Crippen LogP contribution < -0.4 is 10.6 Å². The van der Waals surface area contributed by atoms with Crippen molar-refractivity contribution in [1.82, 2.24) is 10.6 Å². The highest BCUT2D eigenvalue weighted by Gasteiger charge is 2.27. The summed E-state index contributed by atoms with van der Waals surface area (Å²) >= 11 is 5.98. The number of halogens is 1. The van der Waals surface area contributed by atoms with Crippen molar-refractivity contribution in [3.8, 4) is 6.07 Å². The van der Waals surface area contributed by atoms with Gasteiger partial charge < -0.3 is 10.6 Å². The number of nitriles is 1. The van der Waals surface area contributed by atoms with E-state index in [0.717, 1.165) is 5.56 Å². The maximum absolute atomic E-state index is 12.8. The van der Waals surface area contributed by atoms with Gasteiger partial charge in [-0.3, -0.25) is 9.59 Å². The van der Waals surface area contributed by atoms with E-state index in [4.69, 9.17) is 11.6 Å². The third kappa shape index (κ3) is 4.43. The number of nitrogens with zero attached hydrogens (tertiary/aromatic N) is 2. The van der Waals surface area contributed by atoms with E-state index in [1.165, 1.54) is 0 Å². The molecular weight excluding hydrogens is 424 g/mol. The van der Waals surface area contributed by atoms with E-state index in [9.17, 15) is 14.9 Å². The van der Waals surface area contributed by atoms with Crippen LogP contribution in [0, 0.1) is 11.3 Å². The lowest BCUT2D eigenvalue weighted by Gasteiger charge is -2.06. The summed E-state index contributed by atoms with van der Waals surface area (Å²) in [7, 11) is 0. The molecule has 0 saturated carbocycles. The van der Waals surface area contributed by atoms with Gasteiger partial charge in [0, 0.05) is 28.3 Å². The summed E-state index contributed by atoms with van der Waals surface area (Å²) < 4.78 is 0. The van der Waals surface area contributed by atoms with Gasteiger partial charge in [-0.1, -0.05) is 72.3 Å². The average molecular weight is 441 g/mol. The molecule has 7 heteroatoms. The number of carbonyl (C=O) groups is 2. The molecule has 3 aromatic rings. The van der Waals surface area contributed by atoms with Crippen LogP contribution in [-0.2, 0) is 11.3 Å². The number of nitrogens with one attached hydrogen (secondary N) is 2. The van der Waals surface area contributed by atoms with Gasteiger partial charge in [0.05, 0.1) is 5.70 Å². The molecule has 6 nitrogen and oxygen atoms in total. The zero-order valence-electron chi connectivity index (χ0n) is 16.8. The lowest BCUT2D eigenvalue weighted by Crippen LogP contribution is -2.30. The van der Waals surface area contributed by atoms with Crippen molar-refractivity contribution >= 4 is 34.9 Å². The van der Waals surface area contributed by atoms with Gasteiger partial charge in [0.1, 0.15) is 17.5 Å². The smallest absolute Gasteiger partial charge is 0.264 e. The molecule has 32 heavy (non-hydrogen) atoms. The second-order valence-corrected chi connectivity index (χ2v) is 7.41. The fourth-order valence-corrected chi connectivity index (χ4v) is 3.49. The van der Waals surface area contributed by atoms with Crippen LogP contribution in [0.2, 0.25) is 5.02 Å². The Morgan fingerprint density at radius 3 is 2.38 bits per heavy atom. The van der Waals surface area contributed by atoms with Crippen molar-refractivity contribution in [2.75, 3.05) is 0 Å². The van der Waals surface area contributed by atoms with E-state index in [2.05, 4.69) is 15.6 Å². The number of amidine groups is 1. The Morgan fingerprint density at radius 1 is 0.938 bits per heavy atom. The lowest BCUT2D eigenvalue weighted by molar-refractivity contribution is -0.117. The molecule has 0 aliphatic carbocycles. The Balaban J connectivity index is 1.64. The molecule has 0 aromatic heterocycles. The van der Waals surface area contributed by atoms with Crippen molar-refractivity contribution in [2.45, 2.75) is 6.54 Å². The van der Waals surface area contributed by atoms with Crippen LogP contribution in [0.5, 0.6) is 0 Å². The maximum Gasteiger partial charge on any atom is 0.264 e. The Morgan fingerprint density at radius 2 is 1.66 bits per heavy atom. The highest BCUT2D eigenvalue weighted by Crippen LogP contribution is 2.30. The van der Waals surface area contributed by atoms with Crippen molar-refractivity contribution < 1.29 is 9.59 Å². The first kappa shape index (κ1) is 21.0. The summed E-state index contributed by atoms with van der Waals surface area (Å²) in [6, 6.07) is 25.0. The number of benzene rings is 3. The van der Waals surface area contributed by atoms with Crippen LogP contribution in [0.25, 0.3) is 5.70 Å². The summed E-state index contributed by atoms with van der Waals surface area (Å²) in [6.07, 6.45) is 0. The zero-order valence-corrected chi connectivity index (χ0v) is 17.6. The molecule has 0 unspecified atom stereocenters. The third-order valence-corrected chi connectivity index (χ3v) is 5.09. The minimum absolute atomic E-state index is 0.125. The Bertz CT molecular complexity index is 1310. The fourth-order valence-electron chi connectivity index (χ4n) is 3.30. The molecular formula is C25H17ClN4O2. The molecule has 156 valence electrons. The molecule has 4 rings (SSSR count). The van der Waals surface area contributed by atoms with E-state index in [-0.39, 0.29) is 23.7 Å². The number of hydrogen-bond donors (Lipinski definition) is 2. The molecule has 3 aromatic carbocycles. The van der Waals surface area contributed by atoms with Crippen molar-refractivity contribution in [3.63, 3.8) is 0 Å². The van der Waals surface area contributed by atoms with Gasteiger partial charge in [-0.25, -0.2) is 4.99 Å². The Labute approximate surface area is 189 Å². The van der Waals surface area contributed by atoms with Gasteiger partial charge >= 0.3 is 0 Å². The molecule has 2 N–H and O–H groups in total. The molecule has 0 radical (unpaired) electrons. The molecule has 0 fully saturated rings. The minimum Gasteiger partial charge on any atom is -0.347 e. The summed E-state index contributed by atoms with van der Waals surface area (Å²) in [5.74, 6) is -0.661. The van der Waals surface area contributed by atoms with Crippen LogP contribution in [0.15, 0.2) is 89.4 Å². The van der Waals surface area contributed by atoms with Gasteiger partial charge in [-0.15, -0.1) is 0 Å². The average Bonchev–Trinajstić information content (AvgIpc) is 3.17. The van der Waals surface area contributed by atoms with Gasteiger partial charge in [0.15, 0.2) is 0 Å². The van der Waals surface area contributed by atoms with Gasteiger partial charge in [-0.2, -0.15) is 5.26 Å². The molecule has 1 aliphatic rings. The Kier molecular flexibility index (Phi) is 6.11. The summed E-state index contributed by atoms with van der Waals surface area (Å²) in [5.41, 5.74) is 2.60. The van der Waals surface area contributed by atoms with E-state index in [0.29, 0.717) is 21.7 Å². The quantitative estimate of drug-likeness (QED) is 0.472. The number of hydrogen-bond acceptors (Lipinski definition) is 4. The summed E-state index contributed by atoms with van der Waals surface area (Å²) in [4.78, 5) is 29.9. The molecule has 1 heterocycles. The van der Waals surface area contributed by atoms with E-state index in [1.807, 2.05) is 36.4 Å². The molecule has 0 bridgehead atoms. The van der Waals surface area contributed by atoms with Crippen LogP contribution in [0.3, 0.4) is 0 Å². The minimum atomic E-state index is -0.535. The Hall–Kier alpha value is -4.21. The third-order valence-electron chi connectivity index (χ3n) is 4.85. The van der Waals surface area contributed by atoms with Crippen LogP contribution >= 0.6 is 11.6 Å². The van der Waals surface area contributed by atoms with Gasteiger partial charge in [0.25, 0.3) is 11.8 Å². The number of amides is 2. The predicted molar refractivity (Wildman–Crippen MR) is 123 cm³/mol. The normalized spacial score (nSPS) is 13.4. The molecule has 0 atom stereocenters. The van der Waals surface area contributed by atoms with E-state index < -0.39 is 11.8 Å². The highest BCUT2D eigenvalue weighted by molar-refractivity contribution is 6.31.